The summed E-state index contributed by atoms with van der Waals surface area (Å²) in [6.45, 7) is 0. The molecule has 1 atom stereocenters. The third-order valence-electron chi connectivity index (χ3n) is 3.56. The van der Waals surface area contributed by atoms with E-state index in [-0.39, 0.29) is 22.2 Å². The number of carbonyl (C=O) groups excluding carboxylic acids is 1. The highest BCUT2D eigenvalue weighted by Gasteiger charge is 2.49. The van der Waals surface area contributed by atoms with E-state index in [1.165, 1.54) is 12.1 Å². The number of carboxylic acid groups (broad SMARTS) is 1. The first kappa shape index (κ1) is 22.9. The van der Waals surface area contributed by atoms with Crippen LogP contribution in [0.5, 0.6) is 0 Å². The summed E-state index contributed by atoms with van der Waals surface area (Å²) >= 11 is 29.7. The zero-order valence-electron chi connectivity index (χ0n) is 14.1. The normalized spacial score (nSPS) is 13.5. The number of halogens is 5. The molecule has 0 amide bonds. The van der Waals surface area contributed by atoms with Gasteiger partial charge < -0.3 is 15.2 Å². The molecule has 2 N–H and O–H groups in total. The van der Waals surface area contributed by atoms with Crippen molar-refractivity contribution in [3.63, 3.8) is 0 Å². The van der Waals surface area contributed by atoms with Crippen LogP contribution in [0.3, 0.4) is 0 Å². The van der Waals surface area contributed by atoms with Crippen molar-refractivity contribution in [3.8, 4) is 0 Å². The van der Waals surface area contributed by atoms with Gasteiger partial charge in [-0.2, -0.15) is 0 Å². The van der Waals surface area contributed by atoms with Gasteiger partial charge in [0.2, 0.25) is 0 Å². The second-order valence-corrected chi connectivity index (χ2v) is 9.11. The molecule has 150 valence electrons. The third-order valence-corrected chi connectivity index (χ3v) is 4.59. The lowest BCUT2D eigenvalue weighted by Gasteiger charge is -2.33. The Morgan fingerprint density at radius 1 is 0.964 bits per heavy atom. The Hall–Kier alpha value is -1.37. The van der Waals surface area contributed by atoms with E-state index in [9.17, 15) is 14.7 Å². The minimum atomic E-state index is -2.42. The van der Waals surface area contributed by atoms with Gasteiger partial charge in [-0.1, -0.05) is 94.4 Å². The number of carbonyl (C=O) groups is 2. The fourth-order valence-corrected chi connectivity index (χ4v) is 3.43. The maximum Gasteiger partial charge on any atom is 0.370 e. The predicted molar refractivity (Wildman–Crippen MR) is 112 cm³/mol. The smallest absolute Gasteiger partial charge is 0.370 e. The van der Waals surface area contributed by atoms with E-state index in [4.69, 9.17) is 62.7 Å². The van der Waals surface area contributed by atoms with Gasteiger partial charge in [0.15, 0.2) is 3.79 Å². The van der Waals surface area contributed by atoms with Crippen molar-refractivity contribution < 1.29 is 19.4 Å². The number of esters is 1. The molecule has 1 unspecified atom stereocenters. The van der Waals surface area contributed by atoms with Crippen LogP contribution in [-0.2, 0) is 20.7 Å². The molecular weight excluding hydrogens is 471 g/mol. The first-order chi connectivity index (χ1) is 13.0. The fourth-order valence-electron chi connectivity index (χ4n) is 2.37. The minimum Gasteiger partial charge on any atom is -0.477 e. The molecule has 0 bridgehead atoms. The number of anilines is 1. The van der Waals surface area contributed by atoms with Crippen LogP contribution in [-0.4, -0.2) is 26.6 Å². The van der Waals surface area contributed by atoms with Gasteiger partial charge in [0.05, 0.1) is 28.6 Å². The molecular formula is C18H14Cl5NO4. The Kier molecular flexibility index (Phi) is 7.71. The van der Waals surface area contributed by atoms with Crippen molar-refractivity contribution in [1.29, 1.82) is 0 Å². The SMILES string of the molecule is O=C(Cc1ccccc1)OC(CC(Cl)(Cl)Cl)(Nc1c(Cl)cccc1Cl)C(=O)O. The van der Waals surface area contributed by atoms with Gasteiger partial charge in [-0.05, 0) is 17.7 Å². The van der Waals surface area contributed by atoms with Gasteiger partial charge in [0.25, 0.3) is 5.72 Å². The lowest BCUT2D eigenvalue weighted by atomic mass is 10.1. The van der Waals surface area contributed by atoms with E-state index in [2.05, 4.69) is 5.32 Å². The number of hydrogen-bond acceptors (Lipinski definition) is 4. The maximum absolute atomic E-state index is 12.5. The molecule has 0 radical (unpaired) electrons. The molecule has 28 heavy (non-hydrogen) atoms. The summed E-state index contributed by atoms with van der Waals surface area (Å²) in [6, 6.07) is 13.1. The zero-order chi connectivity index (χ0) is 20.9. The van der Waals surface area contributed by atoms with Crippen LogP contribution < -0.4 is 5.32 Å². The second kappa shape index (κ2) is 9.42. The van der Waals surface area contributed by atoms with E-state index in [0.29, 0.717) is 5.56 Å². The topological polar surface area (TPSA) is 75.6 Å². The third kappa shape index (κ3) is 6.33. The summed E-state index contributed by atoms with van der Waals surface area (Å²) in [7, 11) is 0. The molecule has 0 spiro atoms. The number of para-hydroxylation sites is 1. The Balaban J connectivity index is 2.39. The molecule has 10 heteroatoms. The van der Waals surface area contributed by atoms with E-state index in [0.717, 1.165) is 0 Å². The van der Waals surface area contributed by atoms with E-state index >= 15 is 0 Å². The average Bonchev–Trinajstić information content (AvgIpc) is 2.57. The number of carboxylic acids is 1. The van der Waals surface area contributed by atoms with Gasteiger partial charge in [-0.15, -0.1) is 0 Å². The van der Waals surface area contributed by atoms with Crippen molar-refractivity contribution in [1.82, 2.24) is 0 Å². The predicted octanol–water partition coefficient (Wildman–Crippen LogP) is 5.73. The molecule has 0 fully saturated rings. The Morgan fingerprint density at radius 3 is 2.04 bits per heavy atom. The van der Waals surface area contributed by atoms with Gasteiger partial charge in [0.1, 0.15) is 0 Å². The van der Waals surface area contributed by atoms with Crippen molar-refractivity contribution in [2.45, 2.75) is 22.4 Å². The highest BCUT2D eigenvalue weighted by Crippen LogP contribution is 2.40. The van der Waals surface area contributed by atoms with E-state index < -0.39 is 27.9 Å². The highest BCUT2D eigenvalue weighted by molar-refractivity contribution is 6.67. The molecule has 0 aromatic heterocycles. The van der Waals surface area contributed by atoms with Crippen LogP contribution in [0.4, 0.5) is 5.69 Å². The monoisotopic (exact) mass is 483 g/mol. The highest BCUT2D eigenvalue weighted by atomic mass is 35.6. The van der Waals surface area contributed by atoms with E-state index in [1.54, 1.807) is 36.4 Å². The molecule has 0 saturated heterocycles. The Labute approximate surface area is 186 Å². The summed E-state index contributed by atoms with van der Waals surface area (Å²) in [5, 5.41) is 12.6. The summed E-state index contributed by atoms with van der Waals surface area (Å²) < 4.78 is 3.21. The van der Waals surface area contributed by atoms with E-state index in [1.807, 2.05) is 0 Å². The number of benzene rings is 2. The lowest BCUT2D eigenvalue weighted by molar-refractivity contribution is -0.175. The summed E-state index contributed by atoms with van der Waals surface area (Å²) in [5.74, 6) is -2.44. The number of rotatable bonds is 7. The van der Waals surface area contributed by atoms with Crippen molar-refractivity contribution in [2.24, 2.45) is 0 Å². The van der Waals surface area contributed by atoms with Crippen LogP contribution in [0.2, 0.25) is 10.0 Å². The Bertz CT molecular complexity index is 837. The summed E-state index contributed by atoms with van der Waals surface area (Å²) in [6.07, 6.45) is -0.893. The molecule has 0 aliphatic carbocycles. The second-order valence-electron chi connectivity index (χ2n) is 5.78. The van der Waals surface area contributed by atoms with Crippen molar-refractivity contribution in [2.75, 3.05) is 5.32 Å². The van der Waals surface area contributed by atoms with Crippen molar-refractivity contribution >= 4 is 75.6 Å². The van der Waals surface area contributed by atoms with Crippen LogP contribution in [0.25, 0.3) is 0 Å². The largest absolute Gasteiger partial charge is 0.477 e. The molecule has 0 aliphatic heterocycles. The minimum absolute atomic E-state index is 0.0231. The summed E-state index contributed by atoms with van der Waals surface area (Å²) in [5.41, 5.74) is -1.78. The molecule has 2 aromatic carbocycles. The lowest BCUT2D eigenvalue weighted by Crippen LogP contribution is -2.53. The first-order valence-corrected chi connectivity index (χ1v) is 9.69. The molecule has 2 rings (SSSR count). The molecule has 0 saturated carbocycles. The van der Waals surface area contributed by atoms with Gasteiger partial charge in [-0.25, -0.2) is 4.79 Å². The van der Waals surface area contributed by atoms with Gasteiger partial charge in [0, 0.05) is 0 Å². The van der Waals surface area contributed by atoms with Gasteiger partial charge >= 0.3 is 11.9 Å². The number of aliphatic carboxylic acids is 1. The molecule has 5 nitrogen and oxygen atoms in total. The van der Waals surface area contributed by atoms with Crippen LogP contribution >= 0.6 is 58.0 Å². The quantitative estimate of drug-likeness (QED) is 0.298. The Morgan fingerprint density at radius 2 is 1.54 bits per heavy atom. The van der Waals surface area contributed by atoms with Crippen molar-refractivity contribution in [3.05, 3.63) is 64.1 Å². The van der Waals surface area contributed by atoms with Gasteiger partial charge in [-0.3, -0.25) is 4.79 Å². The molecule has 2 aromatic rings. The standard InChI is InChI=1S/C18H14Cl5NO4/c19-12-7-4-8-13(20)15(12)24-17(16(26)27,10-18(21,22)23)28-14(25)9-11-5-2-1-3-6-11/h1-8,24H,9-10H2,(H,26,27). The van der Waals surface area contributed by atoms with Crippen LogP contribution in [0, 0.1) is 0 Å². The maximum atomic E-state index is 12.5. The number of nitrogens with one attached hydrogen (secondary N) is 1. The average molecular weight is 486 g/mol. The first-order valence-electron chi connectivity index (χ1n) is 7.80. The molecule has 0 aliphatic rings. The van der Waals surface area contributed by atoms with Crippen LogP contribution in [0.15, 0.2) is 48.5 Å². The zero-order valence-corrected chi connectivity index (χ0v) is 17.9. The molecule has 0 heterocycles. The number of alkyl halides is 3. The van der Waals surface area contributed by atoms with Crippen LogP contribution in [0.1, 0.15) is 12.0 Å². The fraction of sp³-hybridized carbons (Fsp3) is 0.222. The number of hydrogen-bond donors (Lipinski definition) is 2. The summed E-state index contributed by atoms with van der Waals surface area (Å²) in [4.78, 5) is 24.6. The number of ether oxygens (including phenoxy) is 1.